The molecule has 1 amide bonds. The number of para-hydroxylation sites is 1. The highest BCUT2D eigenvalue weighted by molar-refractivity contribution is 6.00. The van der Waals surface area contributed by atoms with E-state index in [1.807, 2.05) is 41.3 Å². The first kappa shape index (κ1) is 18.6. The fraction of sp³-hybridized carbons (Fsp3) is 0.458. The van der Waals surface area contributed by atoms with Crippen molar-refractivity contribution in [1.29, 1.82) is 0 Å². The van der Waals surface area contributed by atoms with Crippen LogP contribution in [0.2, 0.25) is 0 Å². The zero-order valence-electron chi connectivity index (χ0n) is 16.7. The highest BCUT2D eigenvalue weighted by Crippen LogP contribution is 2.40. The number of benzene rings is 2. The van der Waals surface area contributed by atoms with Gasteiger partial charge < -0.3 is 19.3 Å². The van der Waals surface area contributed by atoms with E-state index in [9.17, 15) is 4.79 Å². The maximum absolute atomic E-state index is 13.6. The molecular weight excluding hydrogens is 364 g/mol. The summed E-state index contributed by atoms with van der Waals surface area (Å²) in [7, 11) is 0. The second-order valence-electron chi connectivity index (χ2n) is 8.24. The van der Waals surface area contributed by atoms with Crippen molar-refractivity contribution in [2.45, 2.75) is 25.0 Å². The first-order valence-electron chi connectivity index (χ1n) is 10.7. The van der Waals surface area contributed by atoms with Gasteiger partial charge in [-0.05, 0) is 36.5 Å². The zero-order chi connectivity index (χ0) is 19.6. The van der Waals surface area contributed by atoms with Gasteiger partial charge in [-0.2, -0.15) is 0 Å². The summed E-state index contributed by atoms with van der Waals surface area (Å²) in [6.07, 6.45) is 2.49. The molecule has 0 unspecified atom stereocenters. The summed E-state index contributed by atoms with van der Waals surface area (Å²) in [5.41, 5.74) is 2.96. The average Bonchev–Trinajstić information content (AvgIpc) is 3.65. The summed E-state index contributed by atoms with van der Waals surface area (Å²) in [4.78, 5) is 17.9. The molecule has 29 heavy (non-hydrogen) atoms. The van der Waals surface area contributed by atoms with Crippen LogP contribution < -0.4 is 4.90 Å². The van der Waals surface area contributed by atoms with Gasteiger partial charge in [0.25, 0.3) is 5.91 Å². The molecule has 2 saturated heterocycles. The van der Waals surface area contributed by atoms with Gasteiger partial charge in [0.2, 0.25) is 0 Å². The predicted octanol–water partition coefficient (Wildman–Crippen LogP) is 3.52. The summed E-state index contributed by atoms with van der Waals surface area (Å²) in [6, 6.07) is 18.3. The third-order valence-corrected chi connectivity index (χ3v) is 6.22. The minimum atomic E-state index is -0.0601. The summed E-state index contributed by atoms with van der Waals surface area (Å²) < 4.78 is 11.9. The second-order valence-corrected chi connectivity index (χ2v) is 8.24. The van der Waals surface area contributed by atoms with Crippen LogP contribution in [0.1, 0.15) is 34.9 Å². The SMILES string of the molecule is O=C(c1ccccc1N1CCOCC1)N1C[C@@H](c2ccccc2)O[C@@H](C2CC2)C1. The summed E-state index contributed by atoms with van der Waals surface area (Å²) in [5.74, 6) is 0.702. The lowest BCUT2D eigenvalue weighted by Crippen LogP contribution is -2.48. The number of ether oxygens (including phenoxy) is 2. The molecule has 0 bridgehead atoms. The monoisotopic (exact) mass is 392 g/mol. The van der Waals surface area contributed by atoms with Gasteiger partial charge in [-0.15, -0.1) is 0 Å². The number of anilines is 1. The molecule has 2 aromatic rings. The molecule has 2 aromatic carbocycles. The molecule has 2 aliphatic heterocycles. The van der Waals surface area contributed by atoms with Crippen LogP contribution in [0.5, 0.6) is 0 Å². The second kappa shape index (κ2) is 8.17. The van der Waals surface area contributed by atoms with E-state index in [1.165, 1.54) is 12.8 Å². The molecule has 0 radical (unpaired) electrons. The number of carbonyl (C=O) groups is 1. The van der Waals surface area contributed by atoms with Gasteiger partial charge in [0.1, 0.15) is 6.10 Å². The van der Waals surface area contributed by atoms with Crippen molar-refractivity contribution in [3.63, 3.8) is 0 Å². The standard InChI is InChI=1S/C24H28N2O3/c27-24(20-8-4-5-9-21(20)25-12-14-28-15-13-25)26-16-22(18-6-2-1-3-7-18)29-23(17-26)19-10-11-19/h1-9,19,22-23H,10-17H2/t22-,23+/m0/s1. The van der Waals surface area contributed by atoms with Crippen LogP contribution in [0.4, 0.5) is 5.69 Å². The Morgan fingerprint density at radius 1 is 0.897 bits per heavy atom. The number of rotatable bonds is 4. The van der Waals surface area contributed by atoms with Crippen molar-refractivity contribution in [3.05, 3.63) is 65.7 Å². The Morgan fingerprint density at radius 3 is 2.38 bits per heavy atom. The minimum Gasteiger partial charge on any atom is -0.378 e. The fourth-order valence-electron chi connectivity index (χ4n) is 4.44. The van der Waals surface area contributed by atoms with Crippen molar-refractivity contribution in [1.82, 2.24) is 4.90 Å². The molecule has 5 rings (SSSR count). The Morgan fingerprint density at radius 2 is 1.62 bits per heavy atom. The lowest BCUT2D eigenvalue weighted by Gasteiger charge is -2.39. The third-order valence-electron chi connectivity index (χ3n) is 6.22. The van der Waals surface area contributed by atoms with Gasteiger partial charge in [-0.25, -0.2) is 0 Å². The van der Waals surface area contributed by atoms with E-state index >= 15 is 0 Å². The number of hydrogen-bond donors (Lipinski definition) is 0. The summed E-state index contributed by atoms with van der Waals surface area (Å²) in [6.45, 7) is 4.35. The number of morpholine rings is 2. The van der Waals surface area contributed by atoms with Gasteiger partial charge >= 0.3 is 0 Å². The number of amides is 1. The molecule has 0 spiro atoms. The van der Waals surface area contributed by atoms with Crippen LogP contribution >= 0.6 is 0 Å². The molecule has 1 aliphatic carbocycles. The van der Waals surface area contributed by atoms with Gasteiger partial charge in [0, 0.05) is 25.3 Å². The highest BCUT2D eigenvalue weighted by atomic mass is 16.5. The lowest BCUT2D eigenvalue weighted by molar-refractivity contribution is -0.0863. The summed E-state index contributed by atoms with van der Waals surface area (Å²) in [5, 5.41) is 0. The average molecular weight is 392 g/mol. The molecule has 2 heterocycles. The fourth-order valence-corrected chi connectivity index (χ4v) is 4.44. The van der Waals surface area contributed by atoms with Crippen LogP contribution in [0.15, 0.2) is 54.6 Å². The molecule has 3 aliphatic rings. The normalized spacial score (nSPS) is 25.1. The van der Waals surface area contributed by atoms with Crippen LogP contribution in [0.3, 0.4) is 0 Å². The molecule has 1 saturated carbocycles. The molecule has 0 N–H and O–H groups in total. The smallest absolute Gasteiger partial charge is 0.256 e. The van der Waals surface area contributed by atoms with E-state index in [-0.39, 0.29) is 18.1 Å². The van der Waals surface area contributed by atoms with Crippen molar-refractivity contribution < 1.29 is 14.3 Å². The van der Waals surface area contributed by atoms with Crippen molar-refractivity contribution in [3.8, 4) is 0 Å². The number of nitrogens with zero attached hydrogens (tertiary/aromatic N) is 2. The maximum Gasteiger partial charge on any atom is 0.256 e. The molecule has 3 fully saturated rings. The minimum absolute atomic E-state index is 0.0601. The van der Waals surface area contributed by atoms with Crippen LogP contribution in [0, 0.1) is 5.92 Å². The Bertz CT molecular complexity index is 846. The van der Waals surface area contributed by atoms with Crippen molar-refractivity contribution >= 4 is 11.6 Å². The van der Waals surface area contributed by atoms with Crippen LogP contribution in [0.25, 0.3) is 0 Å². The molecular formula is C24H28N2O3. The van der Waals surface area contributed by atoms with E-state index in [4.69, 9.17) is 9.47 Å². The Labute approximate surface area is 172 Å². The Balaban J connectivity index is 1.41. The molecule has 0 aromatic heterocycles. The Kier molecular flexibility index (Phi) is 5.25. The largest absolute Gasteiger partial charge is 0.378 e. The van der Waals surface area contributed by atoms with E-state index in [0.717, 1.165) is 29.9 Å². The van der Waals surface area contributed by atoms with Gasteiger partial charge in [-0.3, -0.25) is 4.79 Å². The lowest BCUT2D eigenvalue weighted by atomic mass is 10.0. The zero-order valence-corrected chi connectivity index (χ0v) is 16.7. The van der Waals surface area contributed by atoms with E-state index in [1.54, 1.807) is 0 Å². The third kappa shape index (κ3) is 4.02. The predicted molar refractivity (Wildman–Crippen MR) is 112 cm³/mol. The highest BCUT2D eigenvalue weighted by Gasteiger charge is 2.40. The number of hydrogen-bond acceptors (Lipinski definition) is 4. The van der Waals surface area contributed by atoms with Crippen molar-refractivity contribution in [2.75, 3.05) is 44.3 Å². The maximum atomic E-state index is 13.6. The Hall–Kier alpha value is -2.37. The number of carbonyl (C=O) groups excluding carboxylic acids is 1. The molecule has 5 heteroatoms. The first-order chi connectivity index (χ1) is 14.3. The van der Waals surface area contributed by atoms with Gasteiger partial charge in [0.15, 0.2) is 0 Å². The molecule has 5 nitrogen and oxygen atoms in total. The van der Waals surface area contributed by atoms with E-state index in [2.05, 4.69) is 23.1 Å². The molecule has 152 valence electrons. The van der Waals surface area contributed by atoms with Crippen LogP contribution in [-0.4, -0.2) is 56.3 Å². The summed E-state index contributed by atoms with van der Waals surface area (Å²) >= 11 is 0. The topological polar surface area (TPSA) is 42.0 Å². The van der Waals surface area contributed by atoms with Crippen LogP contribution in [-0.2, 0) is 9.47 Å². The van der Waals surface area contributed by atoms with Gasteiger partial charge in [-0.1, -0.05) is 42.5 Å². The van der Waals surface area contributed by atoms with E-state index < -0.39 is 0 Å². The van der Waals surface area contributed by atoms with E-state index in [0.29, 0.717) is 32.2 Å². The molecule has 2 atom stereocenters. The van der Waals surface area contributed by atoms with Crippen molar-refractivity contribution in [2.24, 2.45) is 5.92 Å². The van der Waals surface area contributed by atoms with Gasteiger partial charge in [0.05, 0.1) is 31.4 Å². The quantitative estimate of drug-likeness (QED) is 0.799. The first-order valence-corrected chi connectivity index (χ1v) is 10.7.